The fraction of sp³-hybridized carbons (Fsp3) is 0. The summed E-state index contributed by atoms with van der Waals surface area (Å²) < 4.78 is 0. The molecule has 0 aromatic rings. The van der Waals surface area contributed by atoms with E-state index in [1.807, 2.05) is 0 Å². The van der Waals surface area contributed by atoms with Gasteiger partial charge in [0.2, 0.25) is 0 Å². The van der Waals surface area contributed by atoms with E-state index in [4.69, 9.17) is 25.7 Å². The molecule has 0 aromatic carbocycles. The Hall–Kier alpha value is -1.53. The van der Waals surface area contributed by atoms with Crippen molar-refractivity contribution >= 4 is 6.72 Å². The van der Waals surface area contributed by atoms with Crippen molar-refractivity contribution in [1.29, 1.82) is 0 Å². The Kier molecular flexibility index (Phi) is 6.62. The normalized spacial score (nSPS) is 6.00. The van der Waals surface area contributed by atoms with Gasteiger partial charge in [-0.15, -0.1) is 10.1 Å². The monoisotopic (exact) mass is 124 g/mol. The van der Waals surface area contributed by atoms with Crippen molar-refractivity contribution in [2.24, 2.45) is 0 Å². The summed E-state index contributed by atoms with van der Waals surface area (Å²) in [6.07, 6.45) is 0. The van der Waals surface area contributed by atoms with Crippen molar-refractivity contribution in [2.75, 3.05) is 0 Å². The van der Waals surface area contributed by atoms with Crippen LogP contribution < -0.4 is 0 Å². The fourth-order valence-electron chi connectivity index (χ4n) is 0. The van der Waals surface area contributed by atoms with E-state index in [9.17, 15) is 0 Å². The maximum Gasteiger partial charge on any atom is 0.291 e. The first-order chi connectivity index (χ1) is 3.46. The predicted octanol–water partition coefficient (Wildman–Crippen LogP) is -0.761. The highest BCUT2D eigenvalue weighted by Crippen LogP contribution is 1.38. The molecule has 0 radical (unpaired) electrons. The Balaban J connectivity index is 0. The van der Waals surface area contributed by atoms with Crippen LogP contribution in [0.15, 0.2) is 0 Å². The molecule has 0 rings (SSSR count). The average molecular weight is 124 g/mol. The quantitative estimate of drug-likeness (QED) is 0.145. The molecule has 0 heterocycles. The summed E-state index contributed by atoms with van der Waals surface area (Å²) in [5.74, 6) is 0. The van der Waals surface area contributed by atoms with Crippen LogP contribution in [0.5, 0.6) is 0 Å². The Bertz CT molecular complexity index is 68.4. The standard InChI is InChI=1S/CH3NO2.HNO3/c1-2(3)4;2-1(3)4/h1H2,(H,3,4);(H,2,3,4). The minimum absolute atomic E-state index is 0.500. The molecule has 48 valence electrons. The molecule has 0 aliphatic rings. The molecule has 0 amide bonds. The second-order valence-electron chi connectivity index (χ2n) is 0.590. The van der Waals surface area contributed by atoms with Crippen LogP contribution in [0.25, 0.3) is 0 Å². The molecule has 0 aromatic heterocycles. The van der Waals surface area contributed by atoms with Gasteiger partial charge in [-0.05, 0) is 0 Å². The number of nitrogens with zero attached hydrogens (tertiary/aromatic N) is 2. The molecule has 0 aliphatic carbocycles. The van der Waals surface area contributed by atoms with Gasteiger partial charge in [-0.3, -0.25) is 5.21 Å². The zero-order valence-electron chi connectivity index (χ0n) is 3.72. The van der Waals surface area contributed by atoms with Gasteiger partial charge in [-0.1, -0.05) is 0 Å². The Morgan fingerprint density at radius 3 is 1.38 bits per heavy atom. The zero-order chi connectivity index (χ0) is 7.15. The molecule has 0 fully saturated rings. The van der Waals surface area contributed by atoms with Crippen LogP contribution in [0.3, 0.4) is 0 Å². The van der Waals surface area contributed by atoms with Gasteiger partial charge in [-0.2, -0.15) is 0 Å². The lowest BCUT2D eigenvalue weighted by molar-refractivity contribution is -0.742. The third kappa shape index (κ3) is 23.0. The smallest absolute Gasteiger partial charge is 0.291 e. The van der Waals surface area contributed by atoms with Gasteiger partial charge in [0.15, 0.2) is 6.72 Å². The van der Waals surface area contributed by atoms with Crippen LogP contribution in [0.1, 0.15) is 0 Å². The van der Waals surface area contributed by atoms with E-state index in [1.54, 1.807) is 0 Å². The van der Waals surface area contributed by atoms with Crippen molar-refractivity contribution in [1.82, 2.24) is 0 Å². The second kappa shape index (κ2) is 5.47. The van der Waals surface area contributed by atoms with Gasteiger partial charge in [0.1, 0.15) is 0 Å². The summed E-state index contributed by atoms with van der Waals surface area (Å²) in [6.45, 7) is 2.47. The highest BCUT2D eigenvalue weighted by atomic mass is 16.9. The van der Waals surface area contributed by atoms with E-state index in [0.717, 1.165) is 0 Å². The van der Waals surface area contributed by atoms with Gasteiger partial charge in [-0.25, -0.2) is 0 Å². The molecule has 0 bridgehead atoms. The molecule has 0 aliphatic heterocycles. The number of rotatable bonds is 0. The Morgan fingerprint density at radius 2 is 1.38 bits per heavy atom. The van der Waals surface area contributed by atoms with E-state index in [0.29, 0.717) is 0 Å². The van der Waals surface area contributed by atoms with E-state index >= 15 is 0 Å². The molecular formula is CH4N2O5. The summed E-state index contributed by atoms with van der Waals surface area (Å²) in [6, 6.07) is 0. The van der Waals surface area contributed by atoms with Crippen molar-refractivity contribution in [3.05, 3.63) is 15.3 Å². The van der Waals surface area contributed by atoms with E-state index in [-0.39, 0.29) is 0 Å². The fourth-order valence-corrected chi connectivity index (χ4v) is 0. The van der Waals surface area contributed by atoms with E-state index in [2.05, 4.69) is 6.72 Å². The lowest BCUT2D eigenvalue weighted by Crippen LogP contribution is -1.84. The van der Waals surface area contributed by atoms with Gasteiger partial charge >= 0.3 is 0 Å². The maximum atomic E-state index is 8.81. The third-order valence-corrected chi connectivity index (χ3v) is 0. The van der Waals surface area contributed by atoms with Gasteiger partial charge < -0.3 is 10.4 Å². The average Bonchev–Trinajstić information content (AvgIpc) is 1.25. The third-order valence-electron chi connectivity index (χ3n) is 0. The summed E-state index contributed by atoms with van der Waals surface area (Å²) in [5, 5.41) is 29.7. The first-order valence-corrected chi connectivity index (χ1v) is 1.26. The zero-order valence-corrected chi connectivity index (χ0v) is 3.72. The molecule has 0 saturated heterocycles. The molecule has 0 atom stereocenters. The van der Waals surface area contributed by atoms with E-state index < -0.39 is 9.99 Å². The molecule has 0 spiro atoms. The Labute approximate surface area is 43.7 Å². The number of hydrogen-bond acceptors (Lipinski definition) is 4. The van der Waals surface area contributed by atoms with Crippen LogP contribution in [-0.4, -0.2) is 27.1 Å². The van der Waals surface area contributed by atoms with Crippen molar-refractivity contribution in [2.45, 2.75) is 0 Å². The summed E-state index contributed by atoms with van der Waals surface area (Å²) in [5.41, 5.74) is 0. The summed E-state index contributed by atoms with van der Waals surface area (Å²) >= 11 is 0. The van der Waals surface area contributed by atoms with Crippen molar-refractivity contribution in [3.8, 4) is 0 Å². The van der Waals surface area contributed by atoms with Crippen LogP contribution in [-0.2, 0) is 0 Å². The van der Waals surface area contributed by atoms with Crippen LogP contribution >= 0.6 is 0 Å². The SMILES string of the molecule is C=[N+]([O-])O.O=[N+]([O-])O. The lowest BCUT2D eigenvalue weighted by atomic mass is 11.7. The van der Waals surface area contributed by atoms with Gasteiger partial charge in [0.25, 0.3) is 5.09 Å². The molecule has 7 nitrogen and oxygen atoms in total. The second-order valence-corrected chi connectivity index (χ2v) is 0.590. The minimum atomic E-state index is -1.50. The molecule has 8 heavy (non-hydrogen) atoms. The lowest BCUT2D eigenvalue weighted by Gasteiger charge is -1.70. The van der Waals surface area contributed by atoms with Crippen LogP contribution in [0.2, 0.25) is 0 Å². The number of hydrogen-bond donors (Lipinski definition) is 2. The highest BCUT2D eigenvalue weighted by molar-refractivity contribution is 5.13. The van der Waals surface area contributed by atoms with Crippen LogP contribution in [0.4, 0.5) is 0 Å². The maximum absolute atomic E-state index is 8.81. The largest absolute Gasteiger partial charge is 0.418 e. The Morgan fingerprint density at radius 1 is 1.38 bits per heavy atom. The molecule has 2 N–H and O–H groups in total. The molecule has 0 saturated carbocycles. The highest BCUT2D eigenvalue weighted by Gasteiger charge is 1.65. The first-order valence-electron chi connectivity index (χ1n) is 1.26. The van der Waals surface area contributed by atoms with Gasteiger partial charge in [0.05, 0.1) is 0 Å². The predicted molar refractivity (Wildman–Crippen MR) is 21.3 cm³/mol. The van der Waals surface area contributed by atoms with Gasteiger partial charge in [0, 0.05) is 4.90 Å². The minimum Gasteiger partial charge on any atom is -0.418 e. The van der Waals surface area contributed by atoms with Crippen molar-refractivity contribution in [3.63, 3.8) is 0 Å². The molecular weight excluding hydrogens is 120 g/mol. The molecule has 7 heteroatoms. The molecule has 0 unspecified atom stereocenters. The van der Waals surface area contributed by atoms with E-state index in [1.165, 1.54) is 0 Å². The van der Waals surface area contributed by atoms with Crippen molar-refractivity contribution < 1.29 is 20.4 Å². The topological polar surface area (TPSA) is 110 Å². The van der Waals surface area contributed by atoms with Crippen LogP contribution in [0, 0.1) is 15.3 Å². The summed E-state index contributed by atoms with van der Waals surface area (Å²) in [4.78, 5) is 7.86. The summed E-state index contributed by atoms with van der Waals surface area (Å²) in [7, 11) is 0. The first kappa shape index (κ1) is 9.69.